The van der Waals surface area contributed by atoms with Gasteiger partial charge in [-0.3, -0.25) is 19.8 Å². The molecule has 1 fully saturated rings. The lowest BCUT2D eigenvalue weighted by Crippen LogP contribution is -2.23. The van der Waals surface area contributed by atoms with Gasteiger partial charge in [0.2, 0.25) is 5.91 Å². The molecule has 2 aromatic heterocycles. The summed E-state index contributed by atoms with van der Waals surface area (Å²) in [6, 6.07) is 10.2. The topological polar surface area (TPSA) is 71.3 Å². The standard InChI is InChI=1S/C23H21N5O/c1-15-20-10-17(11-26-22(20)14-25-15)21-13-24-12-18(27-21)8-16-4-2-5-19(9-16)28-7-3-6-23(28)29/h2,4-5,9-13H,3,6-8,14H2,1H3. The Labute approximate surface area is 169 Å². The van der Waals surface area contributed by atoms with Gasteiger partial charge in [-0.25, -0.2) is 4.98 Å². The van der Waals surface area contributed by atoms with E-state index < -0.39 is 0 Å². The smallest absolute Gasteiger partial charge is 0.227 e. The number of hydrogen-bond acceptors (Lipinski definition) is 5. The Hall–Kier alpha value is -3.41. The molecular formula is C23H21N5O. The van der Waals surface area contributed by atoms with Gasteiger partial charge < -0.3 is 4.90 Å². The molecule has 0 unspecified atom stereocenters. The van der Waals surface area contributed by atoms with Crippen LogP contribution in [0.3, 0.4) is 0 Å². The number of amides is 1. The number of carbonyl (C=O) groups is 1. The first-order valence-corrected chi connectivity index (χ1v) is 9.88. The van der Waals surface area contributed by atoms with Crippen LogP contribution in [0.5, 0.6) is 0 Å². The van der Waals surface area contributed by atoms with Crippen LogP contribution >= 0.6 is 0 Å². The van der Waals surface area contributed by atoms with Crippen molar-refractivity contribution in [2.75, 3.05) is 11.4 Å². The van der Waals surface area contributed by atoms with Gasteiger partial charge in [-0.2, -0.15) is 0 Å². The third kappa shape index (κ3) is 3.42. The fourth-order valence-corrected chi connectivity index (χ4v) is 3.95. The van der Waals surface area contributed by atoms with E-state index in [2.05, 4.69) is 33.2 Å². The summed E-state index contributed by atoms with van der Waals surface area (Å²) in [4.78, 5) is 32.1. The number of pyridine rings is 1. The molecule has 0 atom stereocenters. The normalized spacial score (nSPS) is 15.6. The molecule has 144 valence electrons. The Morgan fingerprint density at radius 2 is 2.07 bits per heavy atom. The first-order valence-electron chi connectivity index (χ1n) is 9.88. The highest BCUT2D eigenvalue weighted by molar-refractivity contribution is 6.02. The minimum atomic E-state index is 0.201. The second-order valence-corrected chi connectivity index (χ2v) is 7.51. The monoisotopic (exact) mass is 383 g/mol. The fraction of sp³-hybridized carbons (Fsp3) is 0.261. The number of nitrogens with zero attached hydrogens (tertiary/aromatic N) is 5. The van der Waals surface area contributed by atoms with E-state index in [1.54, 1.807) is 12.4 Å². The average molecular weight is 383 g/mol. The zero-order valence-electron chi connectivity index (χ0n) is 16.3. The summed E-state index contributed by atoms with van der Waals surface area (Å²) in [5, 5.41) is 0. The van der Waals surface area contributed by atoms with Crippen molar-refractivity contribution in [3.8, 4) is 11.3 Å². The zero-order chi connectivity index (χ0) is 19.8. The number of anilines is 1. The van der Waals surface area contributed by atoms with Crippen LogP contribution in [0, 0.1) is 0 Å². The molecule has 0 saturated carbocycles. The summed E-state index contributed by atoms with van der Waals surface area (Å²) in [6.45, 7) is 3.46. The van der Waals surface area contributed by atoms with Crippen molar-refractivity contribution < 1.29 is 4.79 Å². The molecule has 5 rings (SSSR count). The molecule has 2 aliphatic rings. The molecule has 0 N–H and O–H groups in total. The minimum absolute atomic E-state index is 0.201. The van der Waals surface area contributed by atoms with Gasteiger partial charge in [0, 0.05) is 54.3 Å². The molecule has 1 amide bonds. The molecule has 4 heterocycles. The van der Waals surface area contributed by atoms with Crippen molar-refractivity contribution >= 4 is 17.3 Å². The maximum absolute atomic E-state index is 12.0. The molecule has 0 bridgehead atoms. The molecule has 3 aromatic rings. The highest BCUT2D eigenvalue weighted by Crippen LogP contribution is 2.25. The summed E-state index contributed by atoms with van der Waals surface area (Å²) in [7, 11) is 0. The van der Waals surface area contributed by atoms with E-state index in [0.717, 1.165) is 58.1 Å². The van der Waals surface area contributed by atoms with Gasteiger partial charge in [0.15, 0.2) is 0 Å². The number of fused-ring (bicyclic) bond motifs is 1. The number of carbonyl (C=O) groups excluding carboxylic acids is 1. The van der Waals surface area contributed by atoms with Crippen LogP contribution in [0.15, 0.2) is 53.9 Å². The lowest BCUT2D eigenvalue weighted by molar-refractivity contribution is -0.117. The van der Waals surface area contributed by atoms with Crippen LogP contribution in [0.2, 0.25) is 0 Å². The van der Waals surface area contributed by atoms with Crippen LogP contribution < -0.4 is 4.90 Å². The van der Waals surface area contributed by atoms with Crippen molar-refractivity contribution in [3.63, 3.8) is 0 Å². The van der Waals surface area contributed by atoms with E-state index in [-0.39, 0.29) is 5.91 Å². The van der Waals surface area contributed by atoms with Crippen LogP contribution in [-0.4, -0.2) is 33.1 Å². The van der Waals surface area contributed by atoms with Gasteiger partial charge in [-0.05, 0) is 37.1 Å². The van der Waals surface area contributed by atoms with Crippen LogP contribution in [0.25, 0.3) is 11.3 Å². The van der Waals surface area contributed by atoms with Gasteiger partial charge in [0.25, 0.3) is 0 Å². The molecule has 2 aliphatic heterocycles. The van der Waals surface area contributed by atoms with Crippen molar-refractivity contribution in [1.82, 2.24) is 15.0 Å². The number of hydrogen-bond donors (Lipinski definition) is 0. The van der Waals surface area contributed by atoms with Crippen LogP contribution in [0.1, 0.15) is 42.3 Å². The molecule has 1 aromatic carbocycles. The molecule has 6 nitrogen and oxygen atoms in total. The summed E-state index contributed by atoms with van der Waals surface area (Å²) in [5.41, 5.74) is 7.86. The number of aromatic nitrogens is 3. The van der Waals surface area contributed by atoms with Gasteiger partial charge in [0.05, 0.1) is 29.8 Å². The number of aliphatic imine (C=N–C) groups is 1. The van der Waals surface area contributed by atoms with E-state index in [1.165, 1.54) is 0 Å². The number of rotatable bonds is 4. The van der Waals surface area contributed by atoms with E-state index in [0.29, 0.717) is 19.4 Å². The first kappa shape index (κ1) is 17.7. The largest absolute Gasteiger partial charge is 0.312 e. The van der Waals surface area contributed by atoms with Gasteiger partial charge in [-0.15, -0.1) is 0 Å². The second-order valence-electron chi connectivity index (χ2n) is 7.51. The Morgan fingerprint density at radius 3 is 2.93 bits per heavy atom. The van der Waals surface area contributed by atoms with E-state index in [9.17, 15) is 4.79 Å². The van der Waals surface area contributed by atoms with E-state index >= 15 is 0 Å². The quantitative estimate of drug-likeness (QED) is 0.690. The molecule has 1 saturated heterocycles. The summed E-state index contributed by atoms with van der Waals surface area (Å²) in [5.74, 6) is 0.201. The highest BCUT2D eigenvalue weighted by atomic mass is 16.2. The van der Waals surface area contributed by atoms with Crippen molar-refractivity contribution in [3.05, 3.63) is 71.4 Å². The van der Waals surface area contributed by atoms with E-state index in [1.807, 2.05) is 30.2 Å². The van der Waals surface area contributed by atoms with Gasteiger partial charge in [-0.1, -0.05) is 12.1 Å². The van der Waals surface area contributed by atoms with Crippen LogP contribution in [-0.2, 0) is 17.8 Å². The predicted octanol–water partition coefficient (Wildman–Crippen LogP) is 3.58. The van der Waals surface area contributed by atoms with Crippen LogP contribution in [0.4, 0.5) is 5.69 Å². The third-order valence-electron chi connectivity index (χ3n) is 5.49. The molecule has 29 heavy (non-hydrogen) atoms. The Kier molecular flexibility index (Phi) is 4.39. The molecule has 0 radical (unpaired) electrons. The summed E-state index contributed by atoms with van der Waals surface area (Å²) < 4.78 is 0. The Morgan fingerprint density at radius 1 is 1.14 bits per heavy atom. The zero-order valence-corrected chi connectivity index (χ0v) is 16.3. The van der Waals surface area contributed by atoms with Crippen molar-refractivity contribution in [1.29, 1.82) is 0 Å². The molecular weight excluding hydrogens is 362 g/mol. The third-order valence-corrected chi connectivity index (χ3v) is 5.49. The fourth-order valence-electron chi connectivity index (χ4n) is 3.95. The minimum Gasteiger partial charge on any atom is -0.312 e. The average Bonchev–Trinajstić information content (AvgIpc) is 3.34. The Bertz CT molecular complexity index is 1140. The van der Waals surface area contributed by atoms with Gasteiger partial charge >= 0.3 is 0 Å². The second kappa shape index (κ2) is 7.20. The Balaban J connectivity index is 1.41. The van der Waals surface area contributed by atoms with Gasteiger partial charge in [0.1, 0.15) is 0 Å². The van der Waals surface area contributed by atoms with Crippen molar-refractivity contribution in [2.24, 2.45) is 4.99 Å². The van der Waals surface area contributed by atoms with Crippen molar-refractivity contribution in [2.45, 2.75) is 32.7 Å². The highest BCUT2D eigenvalue weighted by Gasteiger charge is 2.21. The molecule has 6 heteroatoms. The molecule has 0 spiro atoms. The lowest BCUT2D eigenvalue weighted by Gasteiger charge is -2.16. The maximum Gasteiger partial charge on any atom is 0.227 e. The number of benzene rings is 1. The molecule has 0 aliphatic carbocycles. The van der Waals surface area contributed by atoms with E-state index in [4.69, 9.17) is 4.98 Å². The summed E-state index contributed by atoms with van der Waals surface area (Å²) >= 11 is 0. The maximum atomic E-state index is 12.0. The first-order chi connectivity index (χ1) is 14.2. The lowest BCUT2D eigenvalue weighted by atomic mass is 10.1. The summed E-state index contributed by atoms with van der Waals surface area (Å²) in [6.07, 6.45) is 7.64. The predicted molar refractivity (Wildman–Crippen MR) is 112 cm³/mol. The SMILES string of the molecule is CC1=NCc2ncc(-c3cncc(Cc4cccc(N5CCCC5=O)c4)n3)cc21.